The molecule has 1 N–H and O–H groups in total. The van der Waals surface area contributed by atoms with Crippen molar-refractivity contribution in [3.8, 4) is 0 Å². The zero-order valence-electron chi connectivity index (χ0n) is 18.5. The molecular formula is C22H35IN6O. The summed E-state index contributed by atoms with van der Waals surface area (Å²) in [5.74, 6) is 0.945. The molecule has 1 aromatic heterocycles. The van der Waals surface area contributed by atoms with Crippen molar-refractivity contribution in [3.05, 3.63) is 53.3 Å². The maximum atomic E-state index is 5.98. The number of aromatic nitrogens is 2. The molecule has 1 saturated heterocycles. The van der Waals surface area contributed by atoms with Gasteiger partial charge in [-0.25, -0.2) is 4.99 Å². The molecule has 2 aromatic rings. The van der Waals surface area contributed by atoms with E-state index in [1.165, 1.54) is 11.1 Å². The van der Waals surface area contributed by atoms with Crippen molar-refractivity contribution in [3.63, 3.8) is 0 Å². The molecule has 1 aliphatic rings. The van der Waals surface area contributed by atoms with E-state index in [-0.39, 0.29) is 30.1 Å². The molecule has 0 aliphatic carbocycles. The molecule has 1 atom stereocenters. The fourth-order valence-corrected chi connectivity index (χ4v) is 3.49. The van der Waals surface area contributed by atoms with Crippen LogP contribution in [0.3, 0.4) is 0 Å². The van der Waals surface area contributed by atoms with Gasteiger partial charge in [0.15, 0.2) is 5.96 Å². The minimum atomic E-state index is 0. The number of hydrogen-bond acceptors (Lipinski definition) is 4. The summed E-state index contributed by atoms with van der Waals surface area (Å²) in [4.78, 5) is 9.52. The topological polar surface area (TPSA) is 57.9 Å². The van der Waals surface area contributed by atoms with Gasteiger partial charge >= 0.3 is 0 Å². The fraction of sp³-hybridized carbons (Fsp3) is 0.545. The van der Waals surface area contributed by atoms with Crippen LogP contribution in [0.15, 0.2) is 41.7 Å². The second-order valence-electron chi connectivity index (χ2n) is 7.57. The molecule has 7 nitrogen and oxygen atoms in total. The quantitative estimate of drug-likeness (QED) is 0.342. The van der Waals surface area contributed by atoms with E-state index in [9.17, 15) is 0 Å². The van der Waals surface area contributed by atoms with E-state index >= 15 is 0 Å². The predicted octanol–water partition coefficient (Wildman–Crippen LogP) is 3.03. The van der Waals surface area contributed by atoms with E-state index in [1.54, 1.807) is 0 Å². The maximum Gasteiger partial charge on any atom is 0.194 e. The zero-order valence-corrected chi connectivity index (χ0v) is 20.9. The number of rotatable bonds is 7. The summed E-state index contributed by atoms with van der Waals surface area (Å²) in [7, 11) is 4.08. The lowest BCUT2D eigenvalue weighted by molar-refractivity contribution is -0.00805. The number of halogens is 1. The third-order valence-electron chi connectivity index (χ3n) is 5.19. The Kier molecular flexibility index (Phi) is 10.1. The van der Waals surface area contributed by atoms with Crippen molar-refractivity contribution in [1.29, 1.82) is 0 Å². The van der Waals surface area contributed by atoms with E-state index in [1.807, 2.05) is 24.1 Å². The minimum absolute atomic E-state index is 0. The maximum absolute atomic E-state index is 5.98. The summed E-state index contributed by atoms with van der Waals surface area (Å²) < 4.78 is 7.80. The van der Waals surface area contributed by atoms with Crippen molar-refractivity contribution < 1.29 is 4.74 Å². The van der Waals surface area contributed by atoms with E-state index in [0.29, 0.717) is 13.2 Å². The third kappa shape index (κ3) is 6.95. The molecule has 30 heavy (non-hydrogen) atoms. The highest BCUT2D eigenvalue weighted by Crippen LogP contribution is 2.21. The molecule has 1 fully saturated rings. The van der Waals surface area contributed by atoms with Crippen molar-refractivity contribution in [2.24, 2.45) is 12.0 Å². The van der Waals surface area contributed by atoms with Crippen LogP contribution in [0, 0.1) is 0 Å². The first kappa shape index (κ1) is 24.6. The van der Waals surface area contributed by atoms with Gasteiger partial charge in [-0.05, 0) is 31.6 Å². The van der Waals surface area contributed by atoms with Crippen LogP contribution in [-0.4, -0.2) is 65.4 Å². The van der Waals surface area contributed by atoms with Crippen molar-refractivity contribution in [2.75, 3.05) is 39.8 Å². The molecule has 166 valence electrons. The number of ether oxygens (including phenoxy) is 1. The van der Waals surface area contributed by atoms with Crippen LogP contribution in [0.1, 0.15) is 36.6 Å². The van der Waals surface area contributed by atoms with Crippen LogP contribution >= 0.6 is 24.0 Å². The number of aliphatic imine (C=N–C) groups is 1. The Morgan fingerprint density at radius 3 is 2.83 bits per heavy atom. The Morgan fingerprint density at radius 2 is 2.13 bits per heavy atom. The highest BCUT2D eigenvalue weighted by atomic mass is 127. The highest BCUT2D eigenvalue weighted by molar-refractivity contribution is 14.0. The number of nitrogens with one attached hydrogen (secondary N) is 1. The van der Waals surface area contributed by atoms with Crippen LogP contribution < -0.4 is 5.32 Å². The van der Waals surface area contributed by atoms with Crippen LogP contribution in [0.4, 0.5) is 0 Å². The van der Waals surface area contributed by atoms with Gasteiger partial charge in [0, 0.05) is 38.4 Å². The Morgan fingerprint density at radius 1 is 1.33 bits per heavy atom. The Balaban J connectivity index is 0.00000320. The normalized spacial score (nSPS) is 17.2. The number of morpholine rings is 1. The minimum Gasteiger partial charge on any atom is -0.370 e. The van der Waals surface area contributed by atoms with E-state index in [2.05, 4.69) is 65.4 Å². The number of benzene rings is 1. The van der Waals surface area contributed by atoms with Gasteiger partial charge in [0.05, 0.1) is 25.9 Å². The monoisotopic (exact) mass is 526 g/mol. The van der Waals surface area contributed by atoms with Gasteiger partial charge in [0.1, 0.15) is 6.10 Å². The lowest BCUT2D eigenvalue weighted by Gasteiger charge is -2.34. The van der Waals surface area contributed by atoms with Crippen molar-refractivity contribution >= 4 is 29.9 Å². The van der Waals surface area contributed by atoms with Gasteiger partial charge in [-0.15, -0.1) is 24.0 Å². The molecule has 0 bridgehead atoms. The lowest BCUT2D eigenvalue weighted by atomic mass is 10.1. The fourth-order valence-electron chi connectivity index (χ4n) is 3.49. The molecule has 0 radical (unpaired) electrons. The van der Waals surface area contributed by atoms with Gasteiger partial charge in [0.2, 0.25) is 0 Å². The predicted molar refractivity (Wildman–Crippen MR) is 132 cm³/mol. The van der Waals surface area contributed by atoms with Crippen molar-refractivity contribution in [2.45, 2.75) is 33.0 Å². The Hall–Kier alpha value is -1.65. The molecule has 1 aliphatic heterocycles. The largest absolute Gasteiger partial charge is 0.370 e. The van der Waals surface area contributed by atoms with Gasteiger partial charge in [-0.2, -0.15) is 5.10 Å². The molecule has 1 unspecified atom stereocenters. The lowest BCUT2D eigenvalue weighted by Crippen LogP contribution is -2.48. The van der Waals surface area contributed by atoms with Crippen LogP contribution in [-0.2, 0) is 24.9 Å². The molecular weight excluding hydrogens is 491 g/mol. The standard InChI is InChI=1S/C22H34N6O.HI/c1-5-23-22(24-13-18-8-7-9-19(12-18)15-26(3)6-2)28-10-11-29-21(17-28)20-14-25-27(4)16-20;/h7-9,12,14,16,21H,5-6,10-11,13,15,17H2,1-4H3,(H,23,24);1H. The number of nitrogens with zero attached hydrogens (tertiary/aromatic N) is 5. The second kappa shape index (κ2) is 12.3. The molecule has 0 saturated carbocycles. The molecule has 1 aromatic carbocycles. The summed E-state index contributed by atoms with van der Waals surface area (Å²) >= 11 is 0. The third-order valence-corrected chi connectivity index (χ3v) is 5.19. The van der Waals surface area contributed by atoms with Crippen LogP contribution in [0.5, 0.6) is 0 Å². The summed E-state index contributed by atoms with van der Waals surface area (Å²) in [5, 5.41) is 7.72. The first-order chi connectivity index (χ1) is 14.1. The number of guanidine groups is 1. The zero-order chi connectivity index (χ0) is 20.6. The van der Waals surface area contributed by atoms with E-state index in [0.717, 1.165) is 44.2 Å². The Bertz CT molecular complexity index is 808. The smallest absolute Gasteiger partial charge is 0.194 e. The van der Waals surface area contributed by atoms with Gasteiger partial charge in [0.25, 0.3) is 0 Å². The first-order valence-electron chi connectivity index (χ1n) is 10.5. The van der Waals surface area contributed by atoms with Crippen LogP contribution in [0.25, 0.3) is 0 Å². The second-order valence-corrected chi connectivity index (χ2v) is 7.57. The number of aryl methyl sites for hydroxylation is 1. The van der Waals surface area contributed by atoms with Gasteiger partial charge < -0.3 is 19.9 Å². The van der Waals surface area contributed by atoms with E-state index < -0.39 is 0 Å². The average molecular weight is 526 g/mol. The molecule has 8 heteroatoms. The summed E-state index contributed by atoms with van der Waals surface area (Å²) in [6, 6.07) is 8.73. The summed E-state index contributed by atoms with van der Waals surface area (Å²) in [6.45, 7) is 10.1. The average Bonchev–Trinajstić information content (AvgIpc) is 3.18. The van der Waals surface area contributed by atoms with Gasteiger partial charge in [-0.3, -0.25) is 4.68 Å². The SMILES string of the molecule is CCNC(=NCc1cccc(CN(C)CC)c1)N1CCOC(c2cnn(C)c2)C1.I. The molecule has 3 rings (SSSR count). The molecule has 0 spiro atoms. The van der Waals surface area contributed by atoms with Crippen LogP contribution in [0.2, 0.25) is 0 Å². The van der Waals surface area contributed by atoms with E-state index in [4.69, 9.17) is 9.73 Å². The molecule has 2 heterocycles. The van der Waals surface area contributed by atoms with Crippen molar-refractivity contribution in [1.82, 2.24) is 24.9 Å². The first-order valence-corrected chi connectivity index (χ1v) is 10.5. The van der Waals surface area contributed by atoms with Gasteiger partial charge in [-0.1, -0.05) is 31.2 Å². The summed E-state index contributed by atoms with van der Waals surface area (Å²) in [6.07, 6.45) is 3.93. The molecule has 0 amide bonds. The Labute approximate surface area is 197 Å². The highest BCUT2D eigenvalue weighted by Gasteiger charge is 2.25. The summed E-state index contributed by atoms with van der Waals surface area (Å²) in [5.41, 5.74) is 3.68. The number of hydrogen-bond donors (Lipinski definition) is 1.